The van der Waals surface area contributed by atoms with Crippen LogP contribution in [0.1, 0.15) is 51.4 Å². The number of hydrogen-bond donors (Lipinski definition) is 1. The lowest BCUT2D eigenvalue weighted by Gasteiger charge is -2.39. The summed E-state index contributed by atoms with van der Waals surface area (Å²) >= 11 is 0. The molecule has 1 saturated carbocycles. The molecule has 2 heteroatoms. The molecule has 1 aliphatic heterocycles. The van der Waals surface area contributed by atoms with Crippen LogP contribution >= 0.6 is 0 Å². The van der Waals surface area contributed by atoms with Crippen molar-refractivity contribution in [2.75, 3.05) is 20.1 Å². The van der Waals surface area contributed by atoms with Crippen LogP contribution in [0.25, 0.3) is 0 Å². The van der Waals surface area contributed by atoms with E-state index in [0.29, 0.717) is 0 Å². The summed E-state index contributed by atoms with van der Waals surface area (Å²) in [7, 11) is 2.20. The molecule has 1 saturated heterocycles. The highest BCUT2D eigenvalue weighted by atomic mass is 15.1. The molecule has 1 unspecified atom stereocenters. The molecule has 1 aliphatic carbocycles. The maximum Gasteiger partial charge on any atom is 0.0283 e. The van der Waals surface area contributed by atoms with Crippen LogP contribution in [0.2, 0.25) is 0 Å². The molecule has 88 valence electrons. The van der Waals surface area contributed by atoms with Crippen molar-refractivity contribution in [3.8, 4) is 0 Å². The van der Waals surface area contributed by atoms with Crippen LogP contribution < -0.4 is 5.73 Å². The van der Waals surface area contributed by atoms with E-state index in [1.54, 1.807) is 0 Å². The van der Waals surface area contributed by atoms with Crippen molar-refractivity contribution in [2.24, 2.45) is 11.7 Å². The van der Waals surface area contributed by atoms with Gasteiger partial charge in [0.15, 0.2) is 0 Å². The zero-order valence-electron chi connectivity index (χ0n) is 10.2. The van der Waals surface area contributed by atoms with E-state index in [9.17, 15) is 0 Å². The summed E-state index contributed by atoms with van der Waals surface area (Å²) in [5, 5.41) is 0. The Balaban J connectivity index is 1.76. The first-order valence-electron chi connectivity index (χ1n) is 6.65. The number of piperidine rings is 1. The zero-order valence-corrected chi connectivity index (χ0v) is 10.2. The van der Waals surface area contributed by atoms with Crippen LogP contribution in [0.4, 0.5) is 0 Å². The quantitative estimate of drug-likeness (QED) is 0.775. The fourth-order valence-electron chi connectivity index (χ4n) is 3.39. The van der Waals surface area contributed by atoms with Gasteiger partial charge in [-0.25, -0.2) is 0 Å². The largest absolute Gasteiger partial charge is 0.324 e. The smallest absolute Gasteiger partial charge is 0.0283 e. The van der Waals surface area contributed by atoms with Gasteiger partial charge in [0.05, 0.1) is 0 Å². The fourth-order valence-corrected chi connectivity index (χ4v) is 3.39. The van der Waals surface area contributed by atoms with E-state index in [0.717, 1.165) is 12.5 Å². The SMILES string of the molecule is CN1CCCC(N)(CCC2CCCC2)C1. The second-order valence-electron chi connectivity index (χ2n) is 5.89. The molecule has 0 aromatic carbocycles. The van der Waals surface area contributed by atoms with Crippen LogP contribution in [0, 0.1) is 5.92 Å². The lowest BCUT2D eigenvalue weighted by molar-refractivity contribution is 0.162. The van der Waals surface area contributed by atoms with Crippen molar-refractivity contribution >= 4 is 0 Å². The van der Waals surface area contributed by atoms with Gasteiger partial charge < -0.3 is 10.6 Å². The van der Waals surface area contributed by atoms with Crippen molar-refractivity contribution in [1.29, 1.82) is 0 Å². The Labute approximate surface area is 94.2 Å². The minimum atomic E-state index is 0.135. The van der Waals surface area contributed by atoms with Gasteiger partial charge in [0.2, 0.25) is 0 Å². The predicted octanol–water partition coefficient (Wildman–Crippen LogP) is 2.38. The van der Waals surface area contributed by atoms with Gasteiger partial charge in [0.25, 0.3) is 0 Å². The average molecular weight is 210 g/mol. The molecule has 0 aromatic heterocycles. The number of likely N-dealkylation sites (tertiary alicyclic amines) is 1. The molecule has 2 rings (SSSR count). The van der Waals surface area contributed by atoms with Crippen molar-refractivity contribution in [1.82, 2.24) is 4.90 Å². The molecule has 0 spiro atoms. The van der Waals surface area contributed by atoms with Crippen molar-refractivity contribution in [3.05, 3.63) is 0 Å². The highest BCUT2D eigenvalue weighted by Crippen LogP contribution is 2.32. The molecule has 0 aromatic rings. The maximum atomic E-state index is 6.49. The molecular weight excluding hydrogens is 184 g/mol. The Morgan fingerprint density at radius 3 is 2.67 bits per heavy atom. The van der Waals surface area contributed by atoms with Crippen LogP contribution in [-0.2, 0) is 0 Å². The summed E-state index contributed by atoms with van der Waals surface area (Å²) < 4.78 is 0. The third-order valence-corrected chi connectivity index (χ3v) is 4.32. The minimum absolute atomic E-state index is 0.135. The number of rotatable bonds is 3. The normalized spacial score (nSPS) is 34.8. The van der Waals surface area contributed by atoms with Crippen LogP contribution in [0.5, 0.6) is 0 Å². The Morgan fingerprint density at radius 2 is 2.00 bits per heavy atom. The summed E-state index contributed by atoms with van der Waals surface area (Å²) in [4.78, 5) is 2.40. The molecule has 2 N–H and O–H groups in total. The Bertz CT molecular complexity index is 199. The summed E-state index contributed by atoms with van der Waals surface area (Å²) in [6, 6.07) is 0. The lowest BCUT2D eigenvalue weighted by Crippen LogP contribution is -2.53. The molecule has 0 radical (unpaired) electrons. The number of nitrogens with two attached hydrogens (primary N) is 1. The highest BCUT2D eigenvalue weighted by Gasteiger charge is 2.30. The van der Waals surface area contributed by atoms with Gasteiger partial charge in [-0.2, -0.15) is 0 Å². The third-order valence-electron chi connectivity index (χ3n) is 4.32. The second-order valence-corrected chi connectivity index (χ2v) is 5.89. The highest BCUT2D eigenvalue weighted by molar-refractivity contribution is 4.91. The van der Waals surface area contributed by atoms with Gasteiger partial charge in [-0.15, -0.1) is 0 Å². The molecule has 2 aliphatic rings. The molecule has 1 heterocycles. The van der Waals surface area contributed by atoms with Crippen LogP contribution in [0.3, 0.4) is 0 Å². The van der Waals surface area contributed by atoms with Crippen LogP contribution in [0.15, 0.2) is 0 Å². The predicted molar refractivity (Wildman–Crippen MR) is 64.8 cm³/mol. The standard InChI is InChI=1S/C13H26N2/c1-15-10-4-8-13(14,11-15)9-7-12-5-2-3-6-12/h12H,2-11,14H2,1H3. The number of likely N-dealkylation sites (N-methyl/N-ethyl adjacent to an activating group) is 1. The number of nitrogens with zero attached hydrogens (tertiary/aromatic N) is 1. The first-order valence-corrected chi connectivity index (χ1v) is 6.65. The maximum absolute atomic E-state index is 6.49. The third kappa shape index (κ3) is 3.18. The van der Waals surface area contributed by atoms with E-state index < -0.39 is 0 Å². The van der Waals surface area contributed by atoms with E-state index in [-0.39, 0.29) is 5.54 Å². The van der Waals surface area contributed by atoms with Gasteiger partial charge in [-0.1, -0.05) is 25.7 Å². The molecule has 1 atom stereocenters. The topological polar surface area (TPSA) is 29.3 Å². The molecule has 2 fully saturated rings. The Morgan fingerprint density at radius 1 is 1.27 bits per heavy atom. The first kappa shape index (κ1) is 11.4. The Kier molecular flexibility index (Phi) is 3.68. The van der Waals surface area contributed by atoms with Crippen molar-refractivity contribution < 1.29 is 0 Å². The van der Waals surface area contributed by atoms with E-state index in [1.807, 2.05) is 0 Å². The van der Waals surface area contributed by atoms with Crippen LogP contribution in [-0.4, -0.2) is 30.6 Å². The van der Waals surface area contributed by atoms with E-state index >= 15 is 0 Å². The molecule has 15 heavy (non-hydrogen) atoms. The summed E-state index contributed by atoms with van der Waals surface area (Å²) in [6.07, 6.45) is 11.0. The summed E-state index contributed by atoms with van der Waals surface area (Å²) in [5.41, 5.74) is 6.62. The molecule has 0 bridgehead atoms. The fraction of sp³-hybridized carbons (Fsp3) is 1.00. The van der Waals surface area contributed by atoms with Gasteiger partial charge >= 0.3 is 0 Å². The molecular formula is C13H26N2. The van der Waals surface area contributed by atoms with Crippen molar-refractivity contribution in [3.63, 3.8) is 0 Å². The van der Waals surface area contributed by atoms with Gasteiger partial charge in [-0.05, 0) is 45.2 Å². The van der Waals surface area contributed by atoms with E-state index in [2.05, 4.69) is 11.9 Å². The molecule has 2 nitrogen and oxygen atoms in total. The van der Waals surface area contributed by atoms with Gasteiger partial charge in [0, 0.05) is 12.1 Å². The number of hydrogen-bond acceptors (Lipinski definition) is 2. The lowest BCUT2D eigenvalue weighted by atomic mass is 9.83. The second kappa shape index (κ2) is 4.84. The first-order chi connectivity index (χ1) is 7.18. The summed E-state index contributed by atoms with van der Waals surface area (Å²) in [5.74, 6) is 0.998. The Hall–Kier alpha value is -0.0800. The van der Waals surface area contributed by atoms with Gasteiger partial charge in [-0.3, -0.25) is 0 Å². The van der Waals surface area contributed by atoms with Crippen molar-refractivity contribution in [2.45, 2.75) is 56.9 Å². The monoisotopic (exact) mass is 210 g/mol. The van der Waals surface area contributed by atoms with E-state index in [4.69, 9.17) is 5.73 Å². The molecule has 0 amide bonds. The minimum Gasteiger partial charge on any atom is -0.324 e. The zero-order chi connectivity index (χ0) is 10.7. The summed E-state index contributed by atoms with van der Waals surface area (Å²) in [6.45, 7) is 2.35. The average Bonchev–Trinajstić information content (AvgIpc) is 2.67. The van der Waals surface area contributed by atoms with E-state index in [1.165, 1.54) is 57.9 Å². The van der Waals surface area contributed by atoms with Gasteiger partial charge in [0.1, 0.15) is 0 Å².